The van der Waals surface area contributed by atoms with E-state index in [1.807, 2.05) is 6.07 Å². The smallest absolute Gasteiger partial charge is 0.246 e. The number of hydrogen-bond donors (Lipinski definition) is 2. The summed E-state index contributed by atoms with van der Waals surface area (Å²) in [6, 6.07) is 5.09. The molecular weight excluding hydrogens is 334 g/mol. The van der Waals surface area contributed by atoms with Gasteiger partial charge >= 0.3 is 0 Å². The number of carbonyl (C=O) groups excluding carboxylic acids is 1. The normalized spacial score (nSPS) is 22.9. The summed E-state index contributed by atoms with van der Waals surface area (Å²) in [5, 5.41) is 13.5. The molecule has 0 aromatic carbocycles. The quantitative estimate of drug-likeness (QED) is 0.826. The van der Waals surface area contributed by atoms with Gasteiger partial charge < -0.3 is 20.3 Å². The molecule has 3 rings (SSSR count). The number of amides is 1. The predicted molar refractivity (Wildman–Crippen MR) is 88.0 cm³/mol. The summed E-state index contributed by atoms with van der Waals surface area (Å²) in [4.78, 5) is 22.3. The average molecular weight is 354 g/mol. The van der Waals surface area contributed by atoms with Crippen molar-refractivity contribution in [1.82, 2.24) is 20.0 Å². The Morgan fingerprint density at radius 3 is 2.88 bits per heavy atom. The molecule has 0 aliphatic heterocycles. The first-order valence-electron chi connectivity index (χ1n) is 7.47. The molecule has 130 valence electrons. The number of hydrogen-bond acceptors (Lipinski definition) is 7. The number of nitrogens with zero attached hydrogens (tertiary/aromatic N) is 4. The van der Waals surface area contributed by atoms with Crippen LogP contribution in [-0.2, 0) is 11.3 Å². The summed E-state index contributed by atoms with van der Waals surface area (Å²) < 4.78 is 5.18. The zero-order valence-corrected chi connectivity index (χ0v) is 14.0. The Balaban J connectivity index is 0.00000208. The van der Waals surface area contributed by atoms with Gasteiger partial charge in [0.15, 0.2) is 0 Å². The highest BCUT2D eigenvalue weighted by molar-refractivity contribution is 5.85. The van der Waals surface area contributed by atoms with E-state index in [0.717, 1.165) is 0 Å². The Morgan fingerprint density at radius 1 is 1.46 bits per heavy atom. The van der Waals surface area contributed by atoms with Crippen LogP contribution in [0.15, 0.2) is 28.9 Å². The Hall–Kier alpha value is -2.03. The summed E-state index contributed by atoms with van der Waals surface area (Å²) >= 11 is 0. The summed E-state index contributed by atoms with van der Waals surface area (Å²) in [6.07, 6.45) is 1.92. The Bertz CT molecular complexity index is 671. The van der Waals surface area contributed by atoms with E-state index in [1.54, 1.807) is 25.4 Å². The standard InChI is InChI=1S/C15H19N5O3.ClH/c1-20(15(22)9-6-10(16)12(21)7-9)8-13-18-14(19-23-13)11-4-2-3-5-17-11;/h2-5,9-10,12,21H,6-8,16H2,1H3;1H/t9-,10-,12-;/m0./s1. The van der Waals surface area contributed by atoms with Crippen LogP contribution in [0.25, 0.3) is 11.5 Å². The first-order chi connectivity index (χ1) is 11.0. The van der Waals surface area contributed by atoms with E-state index < -0.39 is 6.10 Å². The summed E-state index contributed by atoms with van der Waals surface area (Å²) in [5.74, 6) is 0.391. The van der Waals surface area contributed by atoms with Crippen molar-refractivity contribution in [2.45, 2.75) is 31.5 Å². The van der Waals surface area contributed by atoms with E-state index >= 15 is 0 Å². The minimum absolute atomic E-state index is 0. The monoisotopic (exact) mass is 353 g/mol. The highest BCUT2D eigenvalue weighted by atomic mass is 35.5. The fourth-order valence-electron chi connectivity index (χ4n) is 2.76. The SMILES string of the molecule is CN(Cc1nc(-c2ccccn2)no1)C(=O)[C@H]1C[C@H](N)[C@@H](O)C1.Cl. The second-order valence-corrected chi connectivity index (χ2v) is 5.82. The number of aliphatic hydroxyl groups is 1. The lowest BCUT2D eigenvalue weighted by Gasteiger charge is -2.19. The predicted octanol–water partition coefficient (Wildman–Crippen LogP) is 0.610. The fourth-order valence-corrected chi connectivity index (χ4v) is 2.76. The summed E-state index contributed by atoms with van der Waals surface area (Å²) in [7, 11) is 1.67. The molecule has 9 heteroatoms. The van der Waals surface area contributed by atoms with Crippen molar-refractivity contribution >= 4 is 18.3 Å². The van der Waals surface area contributed by atoms with Crippen molar-refractivity contribution in [2.75, 3.05) is 7.05 Å². The lowest BCUT2D eigenvalue weighted by molar-refractivity contribution is -0.135. The molecule has 2 aromatic rings. The third-order valence-corrected chi connectivity index (χ3v) is 4.04. The van der Waals surface area contributed by atoms with Crippen LogP contribution in [0.4, 0.5) is 0 Å². The van der Waals surface area contributed by atoms with Crippen LogP contribution < -0.4 is 5.73 Å². The lowest BCUT2D eigenvalue weighted by atomic mass is 10.1. The first kappa shape index (κ1) is 18.3. The second kappa shape index (κ2) is 7.69. The third kappa shape index (κ3) is 3.89. The van der Waals surface area contributed by atoms with Crippen LogP contribution in [0.5, 0.6) is 0 Å². The fraction of sp³-hybridized carbons (Fsp3) is 0.467. The van der Waals surface area contributed by atoms with Gasteiger partial charge in [-0.1, -0.05) is 11.2 Å². The van der Waals surface area contributed by atoms with Gasteiger partial charge in [0.2, 0.25) is 17.6 Å². The molecular formula is C15H20ClN5O3. The molecule has 1 aliphatic rings. The van der Waals surface area contributed by atoms with Gasteiger partial charge in [-0.25, -0.2) is 0 Å². The van der Waals surface area contributed by atoms with Crippen molar-refractivity contribution in [1.29, 1.82) is 0 Å². The number of rotatable bonds is 4. The largest absolute Gasteiger partial charge is 0.391 e. The molecule has 24 heavy (non-hydrogen) atoms. The molecule has 3 atom stereocenters. The van der Waals surface area contributed by atoms with E-state index in [0.29, 0.717) is 30.3 Å². The summed E-state index contributed by atoms with van der Waals surface area (Å²) in [6.45, 7) is 0.209. The van der Waals surface area contributed by atoms with Gasteiger partial charge in [-0.05, 0) is 25.0 Å². The zero-order valence-electron chi connectivity index (χ0n) is 13.2. The molecule has 1 aliphatic carbocycles. The number of aliphatic hydroxyl groups excluding tert-OH is 1. The molecule has 3 N–H and O–H groups in total. The lowest BCUT2D eigenvalue weighted by Crippen LogP contribution is -2.32. The summed E-state index contributed by atoms with van der Waals surface area (Å²) in [5.41, 5.74) is 6.37. The Labute approximate surface area is 145 Å². The van der Waals surface area contributed by atoms with Crippen LogP contribution in [0.2, 0.25) is 0 Å². The van der Waals surface area contributed by atoms with E-state index in [-0.39, 0.29) is 36.8 Å². The highest BCUT2D eigenvalue weighted by Gasteiger charge is 2.36. The molecule has 0 spiro atoms. The molecule has 8 nitrogen and oxygen atoms in total. The number of nitrogens with two attached hydrogens (primary N) is 1. The van der Waals surface area contributed by atoms with Gasteiger partial charge in [-0.3, -0.25) is 9.78 Å². The molecule has 0 radical (unpaired) electrons. The van der Waals surface area contributed by atoms with Crippen LogP contribution in [0.1, 0.15) is 18.7 Å². The van der Waals surface area contributed by atoms with E-state index in [2.05, 4.69) is 15.1 Å². The van der Waals surface area contributed by atoms with Crippen LogP contribution in [-0.4, -0.2) is 50.2 Å². The maximum atomic E-state index is 12.4. The molecule has 1 saturated carbocycles. The minimum Gasteiger partial charge on any atom is -0.391 e. The molecule has 0 saturated heterocycles. The van der Waals surface area contributed by atoms with Gasteiger partial charge in [0.25, 0.3) is 0 Å². The van der Waals surface area contributed by atoms with Crippen molar-refractivity contribution < 1.29 is 14.4 Å². The van der Waals surface area contributed by atoms with Crippen molar-refractivity contribution in [3.05, 3.63) is 30.3 Å². The first-order valence-corrected chi connectivity index (χ1v) is 7.47. The van der Waals surface area contributed by atoms with Gasteiger partial charge in [0.05, 0.1) is 12.6 Å². The maximum absolute atomic E-state index is 12.4. The van der Waals surface area contributed by atoms with E-state index in [1.165, 1.54) is 4.90 Å². The van der Waals surface area contributed by atoms with Crippen LogP contribution in [0, 0.1) is 5.92 Å². The van der Waals surface area contributed by atoms with E-state index in [4.69, 9.17) is 10.3 Å². The van der Waals surface area contributed by atoms with Crippen molar-refractivity contribution in [3.8, 4) is 11.5 Å². The second-order valence-electron chi connectivity index (χ2n) is 5.82. The molecule has 0 bridgehead atoms. The molecule has 1 amide bonds. The zero-order chi connectivity index (χ0) is 16.4. The molecule has 1 fully saturated rings. The third-order valence-electron chi connectivity index (χ3n) is 4.04. The van der Waals surface area contributed by atoms with Gasteiger partial charge in [0, 0.05) is 25.2 Å². The topological polar surface area (TPSA) is 118 Å². The Morgan fingerprint density at radius 2 is 2.25 bits per heavy atom. The Kier molecular flexibility index (Phi) is 5.87. The molecule has 2 heterocycles. The van der Waals surface area contributed by atoms with Gasteiger partial charge in [-0.15, -0.1) is 12.4 Å². The number of pyridine rings is 1. The van der Waals surface area contributed by atoms with Crippen molar-refractivity contribution in [3.63, 3.8) is 0 Å². The number of carbonyl (C=O) groups is 1. The van der Waals surface area contributed by atoms with Crippen LogP contribution >= 0.6 is 12.4 Å². The van der Waals surface area contributed by atoms with Gasteiger partial charge in [-0.2, -0.15) is 4.98 Å². The van der Waals surface area contributed by atoms with Crippen molar-refractivity contribution in [2.24, 2.45) is 11.7 Å². The molecule has 2 aromatic heterocycles. The molecule has 0 unspecified atom stereocenters. The minimum atomic E-state index is -0.614. The number of halogens is 1. The highest BCUT2D eigenvalue weighted by Crippen LogP contribution is 2.26. The maximum Gasteiger partial charge on any atom is 0.246 e. The average Bonchev–Trinajstić information content (AvgIpc) is 3.15. The van der Waals surface area contributed by atoms with Crippen LogP contribution in [0.3, 0.4) is 0 Å². The number of aromatic nitrogens is 3. The van der Waals surface area contributed by atoms with E-state index in [9.17, 15) is 9.90 Å². The van der Waals surface area contributed by atoms with Gasteiger partial charge in [0.1, 0.15) is 5.69 Å².